The molecule has 1 saturated heterocycles. The molecule has 0 bridgehead atoms. The van der Waals surface area contributed by atoms with Gasteiger partial charge in [-0.25, -0.2) is 0 Å². The Morgan fingerprint density at radius 1 is 0.885 bits per heavy atom. The number of hydrogen-bond donors (Lipinski definition) is 0. The molecule has 152 valence electrons. The Kier molecular flexibility index (Phi) is 7.44. The van der Waals surface area contributed by atoms with Gasteiger partial charge in [0.15, 0.2) is 0 Å². The van der Waals surface area contributed by atoms with Gasteiger partial charge in [0.1, 0.15) is 6.10 Å². The Morgan fingerprint density at radius 2 is 1.38 bits per heavy atom. The summed E-state index contributed by atoms with van der Waals surface area (Å²) in [6.45, 7) is 12.3. The van der Waals surface area contributed by atoms with Crippen LogP contribution in [0.2, 0.25) is 0 Å². The number of hydrogen-bond acceptors (Lipinski definition) is 3. The smallest absolute Gasteiger partial charge is 0.104 e. The van der Waals surface area contributed by atoms with Crippen molar-refractivity contribution < 1.29 is 14.2 Å². The highest BCUT2D eigenvalue weighted by molar-refractivity contribution is 4.91. The Hall–Kier alpha value is -0.120. The lowest BCUT2D eigenvalue weighted by Gasteiger charge is -2.46. The summed E-state index contributed by atoms with van der Waals surface area (Å²) in [5.74, 6) is 2.43. The zero-order chi connectivity index (χ0) is 18.6. The third kappa shape index (κ3) is 5.69. The van der Waals surface area contributed by atoms with Crippen molar-refractivity contribution in [2.45, 2.75) is 104 Å². The summed E-state index contributed by atoms with van der Waals surface area (Å²) < 4.78 is 17.5. The first-order valence-corrected chi connectivity index (χ1v) is 11.3. The predicted molar refractivity (Wildman–Crippen MR) is 106 cm³/mol. The van der Waals surface area contributed by atoms with Gasteiger partial charge in [0.25, 0.3) is 0 Å². The lowest BCUT2D eigenvalue weighted by atomic mass is 9.60. The minimum Gasteiger partial charge on any atom is -0.378 e. The van der Waals surface area contributed by atoms with Crippen molar-refractivity contribution in [2.75, 3.05) is 19.8 Å². The fourth-order valence-electron chi connectivity index (χ4n) is 5.11. The molecule has 2 atom stereocenters. The molecule has 0 aromatic rings. The van der Waals surface area contributed by atoms with Crippen LogP contribution in [0.4, 0.5) is 0 Å². The molecule has 0 amide bonds. The third-order valence-corrected chi connectivity index (χ3v) is 7.69. The summed E-state index contributed by atoms with van der Waals surface area (Å²) in [5, 5.41) is 0. The molecule has 2 aliphatic carbocycles. The fraction of sp³-hybridized carbons (Fsp3) is 1.00. The van der Waals surface area contributed by atoms with Gasteiger partial charge in [0, 0.05) is 6.61 Å². The summed E-state index contributed by atoms with van der Waals surface area (Å²) in [7, 11) is 0. The van der Waals surface area contributed by atoms with Crippen LogP contribution in [0, 0.1) is 23.2 Å². The lowest BCUT2D eigenvalue weighted by molar-refractivity contribution is -0.0414. The maximum absolute atomic E-state index is 6.18. The summed E-state index contributed by atoms with van der Waals surface area (Å²) in [4.78, 5) is 0. The van der Waals surface area contributed by atoms with E-state index in [9.17, 15) is 0 Å². The van der Waals surface area contributed by atoms with E-state index >= 15 is 0 Å². The molecule has 3 aliphatic rings. The van der Waals surface area contributed by atoms with Crippen molar-refractivity contribution in [3.8, 4) is 0 Å². The average molecular weight is 367 g/mol. The molecule has 3 heteroatoms. The SMILES string of the molecule is CCC(C)COC1CCC(C(C)(C)C2CCC(OCC3CO3)CC2)CC1. The van der Waals surface area contributed by atoms with Gasteiger partial charge in [0.2, 0.25) is 0 Å². The molecule has 3 nitrogen and oxygen atoms in total. The van der Waals surface area contributed by atoms with Gasteiger partial charge in [0.05, 0.1) is 25.4 Å². The van der Waals surface area contributed by atoms with Gasteiger partial charge < -0.3 is 14.2 Å². The van der Waals surface area contributed by atoms with Gasteiger partial charge in [-0.15, -0.1) is 0 Å². The van der Waals surface area contributed by atoms with Crippen LogP contribution in [0.25, 0.3) is 0 Å². The van der Waals surface area contributed by atoms with E-state index < -0.39 is 0 Å². The second-order valence-electron chi connectivity index (χ2n) is 9.90. The Balaban J connectivity index is 1.38. The van der Waals surface area contributed by atoms with Crippen LogP contribution in [0.3, 0.4) is 0 Å². The molecule has 0 spiro atoms. The highest BCUT2D eigenvalue weighted by Crippen LogP contribution is 2.48. The number of ether oxygens (including phenoxy) is 3. The summed E-state index contributed by atoms with van der Waals surface area (Å²) in [6.07, 6.45) is 13.0. The van der Waals surface area contributed by atoms with Crippen molar-refractivity contribution in [1.29, 1.82) is 0 Å². The van der Waals surface area contributed by atoms with Crippen molar-refractivity contribution in [2.24, 2.45) is 23.2 Å². The first-order chi connectivity index (χ1) is 12.5. The minimum absolute atomic E-state index is 0.405. The van der Waals surface area contributed by atoms with E-state index in [-0.39, 0.29) is 0 Å². The Morgan fingerprint density at radius 3 is 1.85 bits per heavy atom. The van der Waals surface area contributed by atoms with Crippen LogP contribution in [0.1, 0.15) is 85.5 Å². The highest BCUT2D eigenvalue weighted by Gasteiger charge is 2.41. The maximum Gasteiger partial charge on any atom is 0.104 e. The average Bonchev–Trinajstić information content (AvgIpc) is 3.49. The quantitative estimate of drug-likeness (QED) is 0.497. The molecule has 2 saturated carbocycles. The van der Waals surface area contributed by atoms with Crippen LogP contribution >= 0.6 is 0 Å². The molecule has 0 radical (unpaired) electrons. The minimum atomic E-state index is 0.405. The van der Waals surface area contributed by atoms with E-state index in [0.29, 0.717) is 29.6 Å². The third-order valence-electron chi connectivity index (χ3n) is 7.69. The molecule has 3 rings (SSSR count). The van der Waals surface area contributed by atoms with Crippen LogP contribution in [0.15, 0.2) is 0 Å². The van der Waals surface area contributed by atoms with E-state index in [1.807, 2.05) is 0 Å². The van der Waals surface area contributed by atoms with Crippen LogP contribution in [-0.2, 0) is 14.2 Å². The first-order valence-electron chi connectivity index (χ1n) is 11.3. The van der Waals surface area contributed by atoms with Gasteiger partial charge >= 0.3 is 0 Å². The van der Waals surface area contributed by atoms with Crippen molar-refractivity contribution in [3.05, 3.63) is 0 Å². The van der Waals surface area contributed by atoms with E-state index in [1.54, 1.807) is 0 Å². The summed E-state index contributed by atoms with van der Waals surface area (Å²) >= 11 is 0. The normalized spacial score (nSPS) is 36.7. The zero-order valence-corrected chi connectivity index (χ0v) is 17.7. The first kappa shape index (κ1) is 20.6. The molecule has 3 fully saturated rings. The molecule has 0 N–H and O–H groups in total. The Labute approximate surface area is 161 Å². The van der Waals surface area contributed by atoms with E-state index in [4.69, 9.17) is 14.2 Å². The molecular formula is C23H42O3. The van der Waals surface area contributed by atoms with Gasteiger partial charge in [-0.3, -0.25) is 0 Å². The molecule has 2 unspecified atom stereocenters. The van der Waals surface area contributed by atoms with E-state index in [0.717, 1.165) is 31.7 Å². The predicted octanol–water partition coefficient (Wildman–Crippen LogP) is 5.61. The lowest BCUT2D eigenvalue weighted by Crippen LogP contribution is -2.39. The van der Waals surface area contributed by atoms with Gasteiger partial charge in [-0.1, -0.05) is 34.1 Å². The molecule has 26 heavy (non-hydrogen) atoms. The standard InChI is InChI=1S/C23H42O3/c1-5-17(2)14-24-20-10-6-18(7-11-20)23(3,4)19-8-12-21(13-9-19)25-15-22-16-26-22/h17-22H,5-16H2,1-4H3. The topological polar surface area (TPSA) is 31.0 Å². The van der Waals surface area contributed by atoms with Gasteiger partial charge in [-0.05, 0) is 74.5 Å². The van der Waals surface area contributed by atoms with Crippen molar-refractivity contribution in [3.63, 3.8) is 0 Å². The number of rotatable bonds is 9. The van der Waals surface area contributed by atoms with E-state index in [2.05, 4.69) is 27.7 Å². The summed E-state index contributed by atoms with van der Waals surface area (Å²) in [6, 6.07) is 0. The zero-order valence-electron chi connectivity index (χ0n) is 17.7. The monoisotopic (exact) mass is 366 g/mol. The molecule has 0 aromatic carbocycles. The fourth-order valence-corrected chi connectivity index (χ4v) is 5.11. The molecule has 1 aliphatic heterocycles. The second-order valence-corrected chi connectivity index (χ2v) is 9.90. The van der Waals surface area contributed by atoms with Crippen LogP contribution in [-0.4, -0.2) is 38.1 Å². The van der Waals surface area contributed by atoms with Crippen LogP contribution in [0.5, 0.6) is 0 Å². The number of epoxide rings is 1. The Bertz CT molecular complexity index is 402. The largest absolute Gasteiger partial charge is 0.378 e. The van der Waals surface area contributed by atoms with Crippen molar-refractivity contribution >= 4 is 0 Å². The summed E-state index contributed by atoms with van der Waals surface area (Å²) in [5.41, 5.74) is 0.465. The second kappa shape index (κ2) is 9.39. The molecule has 0 aromatic heterocycles. The van der Waals surface area contributed by atoms with Crippen molar-refractivity contribution in [1.82, 2.24) is 0 Å². The van der Waals surface area contributed by atoms with Gasteiger partial charge in [-0.2, -0.15) is 0 Å². The van der Waals surface area contributed by atoms with Crippen LogP contribution < -0.4 is 0 Å². The molecule has 1 heterocycles. The highest BCUT2D eigenvalue weighted by atomic mass is 16.6. The van der Waals surface area contributed by atoms with E-state index in [1.165, 1.54) is 57.8 Å². The maximum atomic E-state index is 6.18. The molecular weight excluding hydrogens is 324 g/mol.